The fourth-order valence-corrected chi connectivity index (χ4v) is 0.691. The molecule has 10 heavy (non-hydrogen) atoms. The molecule has 0 saturated carbocycles. The average Bonchev–Trinajstić information content (AvgIpc) is 2.05. The highest BCUT2D eigenvalue weighted by Gasteiger charge is 2.02. The molecule has 0 aliphatic heterocycles. The fraction of sp³-hybridized carbons (Fsp3) is 0.286. The van der Waals surface area contributed by atoms with Crippen molar-refractivity contribution in [2.75, 3.05) is 6.61 Å². The number of aliphatic hydroxyl groups is 2. The molecular weight excluding hydrogens is 130 g/mol. The van der Waals surface area contributed by atoms with Gasteiger partial charge in [0, 0.05) is 12.4 Å². The maximum absolute atomic E-state index is 9.05. The summed E-state index contributed by atoms with van der Waals surface area (Å²) in [6.07, 6.45) is 2.38. The Morgan fingerprint density at radius 2 is 2.00 bits per heavy atom. The molecule has 3 heteroatoms. The molecule has 1 heterocycles. The van der Waals surface area contributed by atoms with Gasteiger partial charge in [-0.3, -0.25) is 4.98 Å². The van der Waals surface area contributed by atoms with Crippen LogP contribution >= 0.6 is 0 Å². The molecule has 0 amide bonds. The van der Waals surface area contributed by atoms with E-state index in [-0.39, 0.29) is 6.61 Å². The molecule has 54 valence electrons. The first-order valence-corrected chi connectivity index (χ1v) is 3.03. The summed E-state index contributed by atoms with van der Waals surface area (Å²) in [5, 5.41) is 17.6. The number of rotatable bonds is 2. The first-order valence-electron chi connectivity index (χ1n) is 3.03. The Morgan fingerprint density at radius 3 is 2.50 bits per heavy atom. The van der Waals surface area contributed by atoms with Crippen LogP contribution in [-0.4, -0.2) is 21.8 Å². The van der Waals surface area contributed by atoms with Crippen LogP contribution in [0.15, 0.2) is 24.5 Å². The predicted molar refractivity (Wildman–Crippen MR) is 36.3 cm³/mol. The van der Waals surface area contributed by atoms with Crippen molar-refractivity contribution in [3.8, 4) is 0 Å². The van der Waals surface area contributed by atoms with E-state index in [1.165, 1.54) is 0 Å². The Bertz CT molecular complexity index is 188. The maximum atomic E-state index is 9.05. The highest BCUT2D eigenvalue weighted by atomic mass is 16.3. The van der Waals surface area contributed by atoms with E-state index in [0.717, 1.165) is 0 Å². The summed E-state index contributed by atoms with van der Waals surface area (Å²) < 4.78 is 0. The van der Waals surface area contributed by atoms with Crippen molar-refractivity contribution in [2.45, 2.75) is 6.10 Å². The lowest BCUT2D eigenvalue weighted by Gasteiger charge is -2.04. The lowest BCUT2D eigenvalue weighted by Crippen LogP contribution is -2.01. The van der Waals surface area contributed by atoms with Crippen LogP contribution < -0.4 is 0 Å². The third-order valence-electron chi connectivity index (χ3n) is 1.26. The molecule has 1 atom stereocenters. The molecule has 0 aromatic carbocycles. The molecule has 3 nitrogen and oxygen atoms in total. The molecule has 0 aliphatic rings. The van der Waals surface area contributed by atoms with Crippen molar-refractivity contribution >= 4 is 0 Å². The van der Waals surface area contributed by atoms with Crippen LogP contribution in [0.1, 0.15) is 11.7 Å². The second-order valence-electron chi connectivity index (χ2n) is 1.98. The summed E-state index contributed by atoms with van der Waals surface area (Å²) >= 11 is 0. The molecule has 1 rings (SSSR count). The van der Waals surface area contributed by atoms with E-state index in [4.69, 9.17) is 10.2 Å². The Labute approximate surface area is 59.0 Å². The molecule has 1 aromatic heterocycles. The van der Waals surface area contributed by atoms with Crippen LogP contribution in [0, 0.1) is 0 Å². The topological polar surface area (TPSA) is 53.4 Å². The predicted octanol–water partition coefficient (Wildman–Crippen LogP) is 0.107. The zero-order chi connectivity index (χ0) is 7.40. The van der Waals surface area contributed by atoms with Crippen LogP contribution in [0.3, 0.4) is 0 Å². The van der Waals surface area contributed by atoms with E-state index >= 15 is 0 Å². The number of hydrogen-bond acceptors (Lipinski definition) is 3. The Balaban J connectivity index is 2.75. The third kappa shape index (κ3) is 1.52. The normalized spacial score (nSPS) is 13.0. The van der Waals surface area contributed by atoms with E-state index in [9.17, 15) is 0 Å². The second-order valence-corrected chi connectivity index (χ2v) is 1.98. The molecule has 0 unspecified atom stereocenters. The summed E-state index contributed by atoms with van der Waals surface area (Å²) in [5.41, 5.74) is 0.692. The van der Waals surface area contributed by atoms with E-state index in [2.05, 4.69) is 4.98 Å². The lowest BCUT2D eigenvalue weighted by molar-refractivity contribution is 0.0955. The van der Waals surface area contributed by atoms with Crippen molar-refractivity contribution in [3.63, 3.8) is 0 Å². The maximum Gasteiger partial charge on any atom is 0.102 e. The van der Waals surface area contributed by atoms with E-state index < -0.39 is 6.10 Å². The molecule has 0 fully saturated rings. The van der Waals surface area contributed by atoms with Crippen LogP contribution in [0.25, 0.3) is 0 Å². The summed E-state index contributed by atoms with van der Waals surface area (Å²) in [5.74, 6) is 0. The zero-order valence-corrected chi connectivity index (χ0v) is 5.44. The average molecular weight is 139 g/mol. The Kier molecular flexibility index (Phi) is 2.36. The van der Waals surface area contributed by atoms with Gasteiger partial charge < -0.3 is 10.2 Å². The summed E-state index contributed by atoms with van der Waals surface area (Å²) in [6.45, 7) is -0.246. The van der Waals surface area contributed by atoms with Crippen LogP contribution in [-0.2, 0) is 0 Å². The minimum absolute atomic E-state index is 0.246. The summed E-state index contributed by atoms with van der Waals surface area (Å²) in [4.78, 5) is 3.77. The van der Waals surface area contributed by atoms with Crippen molar-refractivity contribution < 1.29 is 10.2 Å². The fourth-order valence-electron chi connectivity index (χ4n) is 0.691. The largest absolute Gasteiger partial charge is 0.393 e. The SMILES string of the molecule is OC[C@@H](O)c1ccncc1. The molecule has 0 radical (unpaired) electrons. The van der Waals surface area contributed by atoms with Gasteiger partial charge in [-0.15, -0.1) is 0 Å². The van der Waals surface area contributed by atoms with Crippen molar-refractivity contribution in [3.05, 3.63) is 30.1 Å². The van der Waals surface area contributed by atoms with Crippen LogP contribution in [0.2, 0.25) is 0 Å². The van der Waals surface area contributed by atoms with Crippen molar-refractivity contribution in [1.29, 1.82) is 0 Å². The van der Waals surface area contributed by atoms with Gasteiger partial charge in [0.25, 0.3) is 0 Å². The first kappa shape index (κ1) is 7.18. The number of aromatic nitrogens is 1. The van der Waals surface area contributed by atoms with Gasteiger partial charge in [-0.25, -0.2) is 0 Å². The quantitative estimate of drug-likeness (QED) is 0.611. The summed E-state index contributed by atoms with van der Waals surface area (Å²) in [6, 6.07) is 3.34. The van der Waals surface area contributed by atoms with Gasteiger partial charge >= 0.3 is 0 Å². The molecule has 0 aliphatic carbocycles. The van der Waals surface area contributed by atoms with Crippen LogP contribution in [0.5, 0.6) is 0 Å². The minimum atomic E-state index is -0.775. The van der Waals surface area contributed by atoms with Gasteiger partial charge in [-0.2, -0.15) is 0 Å². The van der Waals surface area contributed by atoms with Gasteiger partial charge in [0.05, 0.1) is 6.61 Å². The monoisotopic (exact) mass is 139 g/mol. The van der Waals surface area contributed by atoms with Crippen molar-refractivity contribution in [2.24, 2.45) is 0 Å². The first-order chi connectivity index (χ1) is 4.84. The number of nitrogens with zero attached hydrogens (tertiary/aromatic N) is 1. The van der Waals surface area contributed by atoms with E-state index in [0.29, 0.717) is 5.56 Å². The zero-order valence-electron chi connectivity index (χ0n) is 5.44. The minimum Gasteiger partial charge on any atom is -0.393 e. The number of pyridine rings is 1. The van der Waals surface area contributed by atoms with Crippen molar-refractivity contribution in [1.82, 2.24) is 4.98 Å². The van der Waals surface area contributed by atoms with Gasteiger partial charge in [0.2, 0.25) is 0 Å². The summed E-state index contributed by atoms with van der Waals surface area (Å²) in [7, 11) is 0. The van der Waals surface area contributed by atoms with Gasteiger partial charge in [-0.1, -0.05) is 0 Å². The molecule has 0 saturated heterocycles. The second kappa shape index (κ2) is 3.29. The Hall–Kier alpha value is -0.930. The number of hydrogen-bond donors (Lipinski definition) is 2. The standard InChI is InChI=1S/C7H9NO2/c9-5-7(10)6-1-3-8-4-2-6/h1-4,7,9-10H,5H2/t7-/m1/s1. The van der Waals surface area contributed by atoms with Gasteiger partial charge in [0.15, 0.2) is 0 Å². The third-order valence-corrected chi connectivity index (χ3v) is 1.26. The van der Waals surface area contributed by atoms with E-state index in [1.807, 2.05) is 0 Å². The van der Waals surface area contributed by atoms with Gasteiger partial charge in [-0.05, 0) is 17.7 Å². The molecule has 0 spiro atoms. The molecule has 2 N–H and O–H groups in total. The molecule has 1 aromatic rings. The number of aliphatic hydroxyl groups excluding tert-OH is 2. The van der Waals surface area contributed by atoms with Crippen LogP contribution in [0.4, 0.5) is 0 Å². The smallest absolute Gasteiger partial charge is 0.102 e. The molecule has 0 bridgehead atoms. The molecular formula is C7H9NO2. The van der Waals surface area contributed by atoms with E-state index in [1.54, 1.807) is 24.5 Å². The highest BCUT2D eigenvalue weighted by Crippen LogP contribution is 2.08. The van der Waals surface area contributed by atoms with Gasteiger partial charge in [0.1, 0.15) is 6.10 Å². The lowest BCUT2D eigenvalue weighted by atomic mass is 10.2. The highest BCUT2D eigenvalue weighted by molar-refractivity contribution is 5.12. The Morgan fingerprint density at radius 1 is 1.40 bits per heavy atom.